The van der Waals surface area contributed by atoms with Crippen molar-refractivity contribution in [2.24, 2.45) is 0 Å². The smallest absolute Gasteiger partial charge is 0.143 e. The van der Waals surface area contributed by atoms with Crippen LogP contribution in [0, 0.1) is 6.92 Å². The van der Waals surface area contributed by atoms with E-state index in [1.54, 1.807) is 6.07 Å². The third-order valence-corrected chi connectivity index (χ3v) is 3.84. The van der Waals surface area contributed by atoms with E-state index in [9.17, 15) is 0 Å². The summed E-state index contributed by atoms with van der Waals surface area (Å²) in [5.74, 6) is 0.887. The molecule has 0 saturated carbocycles. The summed E-state index contributed by atoms with van der Waals surface area (Å²) < 4.78 is 2.22. The van der Waals surface area contributed by atoms with Gasteiger partial charge in [0.25, 0.3) is 0 Å². The first-order chi connectivity index (χ1) is 10.1. The third kappa shape index (κ3) is 2.49. The Balaban J connectivity index is 2.30. The van der Waals surface area contributed by atoms with E-state index >= 15 is 0 Å². The lowest BCUT2D eigenvalue weighted by Crippen LogP contribution is -2.01. The monoisotopic (exact) mass is 299 g/mol. The first-order valence-corrected chi connectivity index (χ1v) is 7.50. The van der Waals surface area contributed by atoms with Gasteiger partial charge in [0.05, 0.1) is 11.0 Å². The van der Waals surface area contributed by atoms with Gasteiger partial charge in [-0.1, -0.05) is 24.6 Å². The van der Waals surface area contributed by atoms with Crippen LogP contribution in [0.15, 0.2) is 36.4 Å². The van der Waals surface area contributed by atoms with Crippen molar-refractivity contribution in [3.8, 4) is 11.4 Å². The van der Waals surface area contributed by atoms with E-state index in [-0.39, 0.29) is 0 Å². The topological polar surface area (TPSA) is 43.8 Å². The predicted molar refractivity (Wildman–Crippen MR) is 89.6 cm³/mol. The number of aromatic nitrogens is 2. The number of nitrogens with zero attached hydrogens (tertiary/aromatic N) is 2. The van der Waals surface area contributed by atoms with Crippen LogP contribution >= 0.6 is 11.6 Å². The van der Waals surface area contributed by atoms with Crippen molar-refractivity contribution in [3.05, 3.63) is 47.0 Å². The van der Waals surface area contributed by atoms with Crippen molar-refractivity contribution in [3.63, 3.8) is 0 Å². The maximum atomic E-state index is 6.13. The fourth-order valence-corrected chi connectivity index (χ4v) is 2.79. The zero-order valence-corrected chi connectivity index (χ0v) is 13.0. The summed E-state index contributed by atoms with van der Waals surface area (Å²) in [6, 6.07) is 11.9. The second-order valence-corrected chi connectivity index (χ2v) is 5.75. The summed E-state index contributed by atoms with van der Waals surface area (Å²) in [6.45, 7) is 5.14. The molecule has 2 N–H and O–H groups in total. The van der Waals surface area contributed by atoms with E-state index in [4.69, 9.17) is 22.3 Å². The Labute approximate surface area is 129 Å². The Kier molecular flexibility index (Phi) is 3.60. The van der Waals surface area contributed by atoms with Crippen LogP contribution in [0.25, 0.3) is 22.4 Å². The molecule has 3 rings (SSSR count). The molecule has 0 unspecified atom stereocenters. The van der Waals surface area contributed by atoms with Crippen LogP contribution in [-0.2, 0) is 6.54 Å². The average molecular weight is 300 g/mol. The summed E-state index contributed by atoms with van der Waals surface area (Å²) >= 11 is 6.13. The molecule has 0 radical (unpaired) electrons. The Bertz CT molecular complexity index is 805. The molecule has 0 bridgehead atoms. The molecular formula is C17H18ClN3. The number of aryl methyl sites for hydroxylation is 2. The zero-order chi connectivity index (χ0) is 15.0. The summed E-state index contributed by atoms with van der Waals surface area (Å²) in [4.78, 5) is 4.79. The third-order valence-electron chi connectivity index (χ3n) is 3.61. The fraction of sp³-hybridized carbons (Fsp3) is 0.235. The number of hydrogen-bond donors (Lipinski definition) is 1. The minimum atomic E-state index is 0.672. The van der Waals surface area contributed by atoms with Gasteiger partial charge in [0.1, 0.15) is 5.82 Å². The Morgan fingerprint density at radius 2 is 2.00 bits per heavy atom. The SMILES string of the molecule is CCCn1c(-c2cc(Cl)ccc2N)nc2cc(C)ccc21. The molecule has 2 aromatic carbocycles. The van der Waals surface area contributed by atoms with Crippen molar-refractivity contribution >= 4 is 28.3 Å². The van der Waals surface area contributed by atoms with Gasteiger partial charge >= 0.3 is 0 Å². The van der Waals surface area contributed by atoms with Crippen molar-refractivity contribution in [2.75, 3.05) is 5.73 Å². The Morgan fingerprint density at radius 1 is 1.19 bits per heavy atom. The van der Waals surface area contributed by atoms with Gasteiger partial charge in [-0.25, -0.2) is 4.98 Å². The van der Waals surface area contributed by atoms with Gasteiger partial charge in [-0.15, -0.1) is 0 Å². The van der Waals surface area contributed by atoms with Crippen LogP contribution in [0.2, 0.25) is 5.02 Å². The molecular weight excluding hydrogens is 282 g/mol. The molecule has 0 aliphatic carbocycles. The van der Waals surface area contributed by atoms with E-state index < -0.39 is 0 Å². The van der Waals surface area contributed by atoms with Crippen LogP contribution in [-0.4, -0.2) is 9.55 Å². The molecule has 21 heavy (non-hydrogen) atoms. The first-order valence-electron chi connectivity index (χ1n) is 7.12. The normalized spacial score (nSPS) is 11.2. The highest BCUT2D eigenvalue weighted by Crippen LogP contribution is 2.31. The molecule has 0 saturated heterocycles. The van der Waals surface area contributed by atoms with E-state index in [1.165, 1.54) is 5.56 Å². The molecule has 0 aliphatic rings. The van der Waals surface area contributed by atoms with Crippen LogP contribution in [0.5, 0.6) is 0 Å². The lowest BCUT2D eigenvalue weighted by atomic mass is 10.1. The van der Waals surface area contributed by atoms with Crippen LogP contribution in [0.3, 0.4) is 0 Å². The lowest BCUT2D eigenvalue weighted by Gasteiger charge is -2.10. The highest BCUT2D eigenvalue weighted by molar-refractivity contribution is 6.31. The molecule has 0 aliphatic heterocycles. The molecule has 3 nitrogen and oxygen atoms in total. The number of nitrogens with two attached hydrogens (primary N) is 1. The summed E-state index contributed by atoms with van der Waals surface area (Å²) in [5, 5.41) is 0.672. The van der Waals surface area contributed by atoms with Crippen molar-refractivity contribution in [1.29, 1.82) is 0 Å². The van der Waals surface area contributed by atoms with Crippen molar-refractivity contribution < 1.29 is 0 Å². The van der Waals surface area contributed by atoms with Crippen LogP contribution < -0.4 is 5.73 Å². The van der Waals surface area contributed by atoms with Gasteiger partial charge in [0, 0.05) is 22.8 Å². The summed E-state index contributed by atoms with van der Waals surface area (Å²) in [5.41, 5.74) is 11.1. The minimum Gasteiger partial charge on any atom is -0.398 e. The summed E-state index contributed by atoms with van der Waals surface area (Å²) in [6.07, 6.45) is 1.03. The van der Waals surface area contributed by atoms with Crippen molar-refractivity contribution in [2.45, 2.75) is 26.8 Å². The number of halogens is 1. The number of fused-ring (bicyclic) bond motifs is 1. The van der Waals surface area contributed by atoms with Gasteiger partial charge in [0.15, 0.2) is 0 Å². The maximum absolute atomic E-state index is 6.13. The fourth-order valence-electron chi connectivity index (χ4n) is 2.62. The standard InChI is InChI=1S/C17H18ClN3/c1-3-8-21-16-7-4-11(2)9-15(16)20-17(21)13-10-12(18)5-6-14(13)19/h4-7,9-10H,3,8,19H2,1-2H3. The van der Waals surface area contributed by atoms with Crippen molar-refractivity contribution in [1.82, 2.24) is 9.55 Å². The highest BCUT2D eigenvalue weighted by Gasteiger charge is 2.14. The average Bonchev–Trinajstić information content (AvgIpc) is 2.80. The molecule has 1 aromatic heterocycles. The Morgan fingerprint density at radius 3 is 2.76 bits per heavy atom. The number of nitrogen functional groups attached to an aromatic ring is 1. The maximum Gasteiger partial charge on any atom is 0.143 e. The second-order valence-electron chi connectivity index (χ2n) is 5.31. The van der Waals surface area contributed by atoms with Crippen LogP contribution in [0.4, 0.5) is 5.69 Å². The number of rotatable bonds is 3. The van der Waals surface area contributed by atoms with Gasteiger partial charge in [-0.3, -0.25) is 0 Å². The molecule has 3 aromatic rings. The zero-order valence-electron chi connectivity index (χ0n) is 12.2. The molecule has 1 heterocycles. The van der Waals surface area contributed by atoms with Gasteiger partial charge in [-0.2, -0.15) is 0 Å². The predicted octanol–water partition coefficient (Wildman–Crippen LogP) is 4.66. The largest absolute Gasteiger partial charge is 0.398 e. The minimum absolute atomic E-state index is 0.672. The van der Waals surface area contributed by atoms with E-state index in [1.807, 2.05) is 12.1 Å². The molecule has 0 spiro atoms. The van der Waals surface area contributed by atoms with Gasteiger partial charge in [0.2, 0.25) is 0 Å². The molecule has 108 valence electrons. The van der Waals surface area contributed by atoms with Gasteiger partial charge < -0.3 is 10.3 Å². The highest BCUT2D eigenvalue weighted by atomic mass is 35.5. The second kappa shape index (κ2) is 5.41. The van der Waals surface area contributed by atoms with E-state index in [0.717, 1.165) is 35.4 Å². The molecule has 0 fully saturated rings. The van der Waals surface area contributed by atoms with Gasteiger partial charge in [-0.05, 0) is 49.2 Å². The lowest BCUT2D eigenvalue weighted by molar-refractivity contribution is 0.704. The Hall–Kier alpha value is -2.00. The first kappa shape index (κ1) is 14.0. The quantitative estimate of drug-likeness (QED) is 0.715. The molecule has 4 heteroatoms. The van der Waals surface area contributed by atoms with E-state index in [2.05, 4.69) is 36.6 Å². The molecule has 0 atom stereocenters. The van der Waals surface area contributed by atoms with E-state index in [0.29, 0.717) is 10.7 Å². The molecule has 0 amide bonds. The number of imidazole rings is 1. The number of anilines is 1. The number of hydrogen-bond acceptors (Lipinski definition) is 2. The number of benzene rings is 2. The summed E-state index contributed by atoms with van der Waals surface area (Å²) in [7, 11) is 0. The van der Waals surface area contributed by atoms with Crippen LogP contribution in [0.1, 0.15) is 18.9 Å².